The van der Waals surface area contributed by atoms with Gasteiger partial charge < -0.3 is 5.32 Å². The van der Waals surface area contributed by atoms with Crippen molar-refractivity contribution in [2.75, 3.05) is 5.32 Å². The number of carbonyl (C=O) groups is 1. The third-order valence-electron chi connectivity index (χ3n) is 2.50. The van der Waals surface area contributed by atoms with Gasteiger partial charge in [-0.3, -0.25) is 14.9 Å². The molecular formula is C13H8BrClN2O3. The first-order valence-electron chi connectivity index (χ1n) is 5.48. The summed E-state index contributed by atoms with van der Waals surface area (Å²) in [7, 11) is 0. The van der Waals surface area contributed by atoms with Crippen LogP contribution in [0.2, 0.25) is 5.02 Å². The topological polar surface area (TPSA) is 72.2 Å². The predicted octanol–water partition coefficient (Wildman–Crippen LogP) is 4.26. The number of carbonyl (C=O) groups excluding carboxylic acids is 1. The van der Waals surface area contributed by atoms with Crippen LogP contribution in [-0.2, 0) is 0 Å². The van der Waals surface area contributed by atoms with Gasteiger partial charge in [-0.25, -0.2) is 0 Å². The molecule has 2 aromatic rings. The number of non-ortho nitro benzene ring substituents is 1. The summed E-state index contributed by atoms with van der Waals surface area (Å²) in [6.07, 6.45) is 0. The Morgan fingerprint density at radius 2 is 2.00 bits per heavy atom. The van der Waals surface area contributed by atoms with E-state index in [9.17, 15) is 14.9 Å². The molecule has 2 rings (SSSR count). The standard InChI is InChI=1S/C13H8BrClN2O3/c14-9-4-5-12(11(15)7-9)16-13(18)8-2-1-3-10(6-8)17(19)20/h1-7H,(H,16,18). The van der Waals surface area contributed by atoms with Crippen molar-refractivity contribution < 1.29 is 9.72 Å². The van der Waals surface area contributed by atoms with Crippen LogP contribution in [0.5, 0.6) is 0 Å². The number of hydrogen-bond donors (Lipinski definition) is 1. The SMILES string of the molecule is O=C(Nc1ccc(Br)cc1Cl)c1cccc([N+](=O)[O-])c1. The first-order chi connectivity index (χ1) is 9.47. The number of nitrogens with zero attached hydrogens (tertiary/aromatic N) is 1. The molecule has 0 atom stereocenters. The maximum atomic E-state index is 12.0. The number of anilines is 1. The molecule has 0 aromatic heterocycles. The molecule has 0 heterocycles. The van der Waals surface area contributed by atoms with Gasteiger partial charge >= 0.3 is 0 Å². The minimum Gasteiger partial charge on any atom is -0.321 e. The molecule has 1 amide bonds. The van der Waals surface area contributed by atoms with Crippen LogP contribution in [0.25, 0.3) is 0 Å². The Kier molecular flexibility index (Phi) is 4.36. The number of rotatable bonds is 3. The summed E-state index contributed by atoms with van der Waals surface area (Å²) in [5.41, 5.74) is 0.490. The molecule has 5 nitrogen and oxygen atoms in total. The van der Waals surface area contributed by atoms with E-state index in [1.807, 2.05) is 0 Å². The molecule has 20 heavy (non-hydrogen) atoms. The average Bonchev–Trinajstić information content (AvgIpc) is 2.42. The smallest absolute Gasteiger partial charge is 0.270 e. The quantitative estimate of drug-likeness (QED) is 0.660. The second kappa shape index (κ2) is 6.02. The molecule has 0 saturated carbocycles. The van der Waals surface area contributed by atoms with Gasteiger partial charge in [0.1, 0.15) is 0 Å². The summed E-state index contributed by atoms with van der Waals surface area (Å²) < 4.78 is 0.788. The minimum atomic E-state index is -0.552. The normalized spacial score (nSPS) is 10.1. The van der Waals surface area contributed by atoms with Crippen LogP contribution < -0.4 is 5.32 Å². The lowest BCUT2D eigenvalue weighted by molar-refractivity contribution is -0.384. The van der Waals surface area contributed by atoms with Crippen molar-refractivity contribution in [3.8, 4) is 0 Å². The zero-order chi connectivity index (χ0) is 14.7. The zero-order valence-corrected chi connectivity index (χ0v) is 12.3. The molecular weight excluding hydrogens is 348 g/mol. The fraction of sp³-hybridized carbons (Fsp3) is 0. The Balaban J connectivity index is 2.24. The van der Waals surface area contributed by atoms with E-state index in [4.69, 9.17) is 11.6 Å². The van der Waals surface area contributed by atoms with Crippen LogP contribution in [0, 0.1) is 10.1 Å². The molecule has 0 aliphatic heterocycles. The highest BCUT2D eigenvalue weighted by molar-refractivity contribution is 9.10. The van der Waals surface area contributed by atoms with Crippen LogP contribution in [0.15, 0.2) is 46.9 Å². The first kappa shape index (κ1) is 14.5. The Labute approximate surface area is 127 Å². The molecule has 0 bridgehead atoms. The largest absolute Gasteiger partial charge is 0.321 e. The number of nitrogens with one attached hydrogen (secondary N) is 1. The molecule has 0 unspecified atom stereocenters. The van der Waals surface area contributed by atoms with Crippen LogP contribution in [-0.4, -0.2) is 10.8 Å². The van der Waals surface area contributed by atoms with Gasteiger partial charge in [0.25, 0.3) is 11.6 Å². The summed E-state index contributed by atoms with van der Waals surface area (Å²) in [5, 5.41) is 13.7. The van der Waals surface area contributed by atoms with E-state index in [1.54, 1.807) is 18.2 Å². The lowest BCUT2D eigenvalue weighted by atomic mass is 10.2. The maximum Gasteiger partial charge on any atom is 0.270 e. The summed E-state index contributed by atoms with van der Waals surface area (Å²) in [6.45, 7) is 0. The summed E-state index contributed by atoms with van der Waals surface area (Å²) in [4.78, 5) is 22.1. The Hall–Kier alpha value is -1.92. The molecule has 0 saturated heterocycles. The van der Waals surface area contributed by atoms with Crippen LogP contribution in [0.3, 0.4) is 0 Å². The van der Waals surface area contributed by atoms with E-state index >= 15 is 0 Å². The van der Waals surface area contributed by atoms with Gasteiger partial charge in [0.15, 0.2) is 0 Å². The summed E-state index contributed by atoms with van der Waals surface area (Å²) in [5.74, 6) is -0.460. The molecule has 0 spiro atoms. The van der Waals surface area contributed by atoms with Gasteiger partial charge in [-0.15, -0.1) is 0 Å². The molecule has 0 radical (unpaired) electrons. The highest BCUT2D eigenvalue weighted by atomic mass is 79.9. The number of nitro benzene ring substituents is 1. The van der Waals surface area contributed by atoms with E-state index in [0.29, 0.717) is 10.7 Å². The van der Waals surface area contributed by atoms with E-state index in [0.717, 1.165) is 4.47 Å². The number of nitro groups is 1. The third-order valence-corrected chi connectivity index (χ3v) is 3.30. The molecule has 102 valence electrons. The van der Waals surface area contributed by atoms with Crippen LogP contribution >= 0.6 is 27.5 Å². The maximum absolute atomic E-state index is 12.0. The van der Waals surface area contributed by atoms with Gasteiger partial charge in [0.05, 0.1) is 15.6 Å². The van der Waals surface area contributed by atoms with E-state index in [2.05, 4.69) is 21.2 Å². The fourth-order valence-corrected chi connectivity index (χ4v) is 2.27. The van der Waals surface area contributed by atoms with Gasteiger partial charge in [-0.1, -0.05) is 33.6 Å². The molecule has 2 aromatic carbocycles. The van der Waals surface area contributed by atoms with Gasteiger partial charge in [0, 0.05) is 22.2 Å². The van der Waals surface area contributed by atoms with Crippen molar-refractivity contribution >= 4 is 44.8 Å². The highest BCUT2D eigenvalue weighted by Crippen LogP contribution is 2.26. The molecule has 0 aliphatic carbocycles. The van der Waals surface area contributed by atoms with Crippen molar-refractivity contribution in [1.82, 2.24) is 0 Å². The lowest BCUT2D eigenvalue weighted by Gasteiger charge is -2.07. The fourth-order valence-electron chi connectivity index (χ4n) is 1.55. The highest BCUT2D eigenvalue weighted by Gasteiger charge is 2.12. The van der Waals surface area contributed by atoms with Crippen molar-refractivity contribution in [1.29, 1.82) is 0 Å². The monoisotopic (exact) mass is 354 g/mol. The average molecular weight is 356 g/mol. The number of halogens is 2. The van der Waals surface area contributed by atoms with Gasteiger partial charge in [-0.05, 0) is 24.3 Å². The molecule has 1 N–H and O–H groups in total. The van der Waals surface area contributed by atoms with Crippen molar-refractivity contribution in [2.45, 2.75) is 0 Å². The third kappa shape index (κ3) is 3.34. The number of hydrogen-bond acceptors (Lipinski definition) is 3. The second-order valence-corrected chi connectivity index (χ2v) is 5.21. The van der Waals surface area contributed by atoms with Crippen molar-refractivity contribution in [3.63, 3.8) is 0 Å². The number of amides is 1. The summed E-state index contributed by atoms with van der Waals surface area (Å²) >= 11 is 9.25. The first-order valence-corrected chi connectivity index (χ1v) is 6.65. The molecule has 7 heteroatoms. The zero-order valence-electron chi connectivity index (χ0n) is 9.97. The Morgan fingerprint density at radius 3 is 2.65 bits per heavy atom. The second-order valence-electron chi connectivity index (χ2n) is 3.89. The van der Waals surface area contributed by atoms with E-state index in [-0.39, 0.29) is 11.3 Å². The lowest BCUT2D eigenvalue weighted by Crippen LogP contribution is -2.12. The van der Waals surface area contributed by atoms with Crippen molar-refractivity contribution in [2.24, 2.45) is 0 Å². The number of benzene rings is 2. The van der Waals surface area contributed by atoms with Crippen LogP contribution in [0.1, 0.15) is 10.4 Å². The molecule has 0 fully saturated rings. The Morgan fingerprint density at radius 1 is 1.25 bits per heavy atom. The molecule has 0 aliphatic rings. The van der Waals surface area contributed by atoms with E-state index < -0.39 is 10.8 Å². The van der Waals surface area contributed by atoms with Crippen molar-refractivity contribution in [3.05, 3.63) is 67.6 Å². The van der Waals surface area contributed by atoms with Gasteiger partial charge in [-0.2, -0.15) is 0 Å². The van der Waals surface area contributed by atoms with Gasteiger partial charge in [0.2, 0.25) is 0 Å². The summed E-state index contributed by atoms with van der Waals surface area (Å²) in [6, 6.07) is 10.5. The Bertz CT molecular complexity index is 691. The predicted molar refractivity (Wildman–Crippen MR) is 80.2 cm³/mol. The minimum absolute atomic E-state index is 0.139. The van der Waals surface area contributed by atoms with Crippen LogP contribution in [0.4, 0.5) is 11.4 Å². The van der Waals surface area contributed by atoms with E-state index in [1.165, 1.54) is 24.3 Å².